The van der Waals surface area contributed by atoms with Crippen molar-refractivity contribution in [3.05, 3.63) is 65.4 Å². The number of aromatic nitrogens is 7. The number of hydrogen-bond donors (Lipinski definition) is 2. The van der Waals surface area contributed by atoms with E-state index < -0.39 is 36.2 Å². The number of anilines is 2. The van der Waals surface area contributed by atoms with Crippen molar-refractivity contribution in [3.63, 3.8) is 0 Å². The van der Waals surface area contributed by atoms with Crippen LogP contribution in [-0.4, -0.2) is 108 Å². The molecule has 3 aliphatic carbocycles. The van der Waals surface area contributed by atoms with Crippen molar-refractivity contribution < 1.29 is 32.3 Å². The Kier molecular flexibility index (Phi) is 11.5. The molecule has 6 fully saturated rings. The SMILES string of the molecule is O=C1CCC(c2nn(C3CC3)c3c(C#CCO[C@H]4CCN(C[C@H]5CC[C@H](n6cc(NC(=O)c7cnn8ccc(N9CC(CC%10CC%10)C9)nc78)c(C(F)F)n6)CC5)C[C@H]4F)cccc23)C(=O)N1. The average molecular weight is 906 g/mol. The zero-order valence-corrected chi connectivity index (χ0v) is 36.8. The van der Waals surface area contributed by atoms with E-state index in [4.69, 9.17) is 14.8 Å². The van der Waals surface area contributed by atoms with E-state index in [-0.39, 0.29) is 54.7 Å². The summed E-state index contributed by atoms with van der Waals surface area (Å²) in [5.74, 6) is 7.32. The van der Waals surface area contributed by atoms with Gasteiger partial charge in [0.1, 0.15) is 24.2 Å². The molecule has 4 aromatic heterocycles. The van der Waals surface area contributed by atoms with Crippen molar-refractivity contribution >= 4 is 45.8 Å². The third-order valence-electron chi connectivity index (χ3n) is 14.5. The summed E-state index contributed by atoms with van der Waals surface area (Å²) in [6, 6.07) is 7.81. The summed E-state index contributed by atoms with van der Waals surface area (Å²) in [4.78, 5) is 47.2. The zero-order chi connectivity index (χ0) is 45.1. The van der Waals surface area contributed by atoms with Gasteiger partial charge < -0.3 is 15.0 Å². The smallest absolute Gasteiger partial charge is 0.284 e. The van der Waals surface area contributed by atoms with Crippen LogP contribution in [0, 0.1) is 29.6 Å². The summed E-state index contributed by atoms with van der Waals surface area (Å²) in [6.45, 7) is 3.66. The van der Waals surface area contributed by atoms with Crippen LogP contribution in [0.5, 0.6) is 0 Å². The maximum absolute atomic E-state index is 15.6. The number of nitrogens with zero attached hydrogens (tertiary/aromatic N) is 9. The number of ether oxygens (including phenoxy) is 1. The summed E-state index contributed by atoms with van der Waals surface area (Å²) in [7, 11) is 0. The fourth-order valence-corrected chi connectivity index (χ4v) is 10.6. The van der Waals surface area contributed by atoms with Crippen LogP contribution >= 0.6 is 0 Å². The average Bonchev–Trinajstić information content (AvgIpc) is 4.19. The first-order valence-electron chi connectivity index (χ1n) is 23.7. The number of fused-ring (bicyclic) bond motifs is 2. The van der Waals surface area contributed by atoms with E-state index in [1.165, 1.54) is 36.2 Å². The molecule has 1 unspecified atom stereocenters. The Balaban J connectivity index is 0.661. The molecule has 6 aliphatic rings. The number of halogens is 3. The van der Waals surface area contributed by atoms with Crippen molar-refractivity contribution in [2.75, 3.05) is 49.5 Å². The second-order valence-corrected chi connectivity index (χ2v) is 19.4. The number of carbonyl (C=O) groups excluding carboxylic acids is 3. The number of imide groups is 1. The number of hydrogen-bond acceptors (Lipinski definition) is 10. The maximum atomic E-state index is 15.6. The van der Waals surface area contributed by atoms with Gasteiger partial charge in [0.2, 0.25) is 11.8 Å². The number of benzene rings is 1. The maximum Gasteiger partial charge on any atom is 0.284 e. The number of likely N-dealkylation sites (tertiary alicyclic amines) is 1. The van der Waals surface area contributed by atoms with E-state index in [9.17, 15) is 23.2 Å². The molecule has 15 nitrogen and oxygen atoms in total. The molecule has 3 saturated heterocycles. The molecule has 2 N–H and O–H groups in total. The third-order valence-corrected chi connectivity index (χ3v) is 14.5. The molecule has 3 saturated carbocycles. The Morgan fingerprint density at radius 1 is 0.939 bits per heavy atom. The molecule has 3 amide bonds. The van der Waals surface area contributed by atoms with Crippen molar-refractivity contribution in [1.82, 2.24) is 44.4 Å². The summed E-state index contributed by atoms with van der Waals surface area (Å²) in [6.07, 6.45) is 10.4. The van der Waals surface area contributed by atoms with Gasteiger partial charge in [-0.25, -0.2) is 22.7 Å². The highest BCUT2D eigenvalue weighted by Gasteiger charge is 2.37. The van der Waals surface area contributed by atoms with Crippen LogP contribution in [0.2, 0.25) is 0 Å². The summed E-state index contributed by atoms with van der Waals surface area (Å²) in [5, 5.41) is 19.4. The molecule has 5 aromatic rings. The van der Waals surface area contributed by atoms with Gasteiger partial charge in [-0.3, -0.25) is 34.0 Å². The fraction of sp³-hybridized carbons (Fsp3) is 0.562. The van der Waals surface area contributed by atoms with Crippen LogP contribution in [0.3, 0.4) is 0 Å². The molecule has 346 valence electrons. The Morgan fingerprint density at radius 3 is 2.50 bits per heavy atom. The minimum atomic E-state index is -2.88. The molecule has 66 heavy (non-hydrogen) atoms. The first kappa shape index (κ1) is 42.8. The lowest BCUT2D eigenvalue weighted by atomic mass is 9.85. The van der Waals surface area contributed by atoms with Gasteiger partial charge in [-0.05, 0) is 87.7 Å². The number of piperidine rings is 2. The first-order chi connectivity index (χ1) is 32.1. The van der Waals surface area contributed by atoms with Gasteiger partial charge in [-0.15, -0.1) is 0 Å². The standard InChI is InChI=1S/C48H54F3N11O4/c49-37-26-58(18-16-39(37)66-20-2-4-31-3-1-5-34-42(35-14-15-41(63)55-47(35)64)57-62(44(31)34)33-12-13-33)23-29-8-10-32(11-9-29)61-27-38(43(56-61)45(50)51)53-48(65)36-22-52-60-19-17-40(54-46(36)60)59-24-30(25-59)21-28-6-7-28/h1,3,5,17,19,22,27-30,32-33,35,37,39,45H,6-16,18,20-21,23-26H2,(H,53,65)(H,55,63,64)/t29-,32-,35?,37-,39+/m1/s1. The second kappa shape index (κ2) is 17.8. The normalized spacial score (nSPS) is 25.3. The summed E-state index contributed by atoms with van der Waals surface area (Å²) < 4.78 is 55.3. The highest BCUT2D eigenvalue weighted by Crippen LogP contribution is 2.42. The quantitative estimate of drug-likeness (QED) is 0.0956. The van der Waals surface area contributed by atoms with Gasteiger partial charge >= 0.3 is 0 Å². The predicted molar refractivity (Wildman–Crippen MR) is 238 cm³/mol. The molecule has 11 rings (SSSR count). The highest BCUT2D eigenvalue weighted by atomic mass is 19.3. The summed E-state index contributed by atoms with van der Waals surface area (Å²) >= 11 is 0. The molecule has 3 atom stereocenters. The lowest BCUT2D eigenvalue weighted by molar-refractivity contribution is -0.134. The minimum absolute atomic E-state index is 0.0256. The van der Waals surface area contributed by atoms with E-state index in [0.717, 1.165) is 86.4 Å². The first-order valence-corrected chi connectivity index (χ1v) is 23.7. The number of amides is 3. The summed E-state index contributed by atoms with van der Waals surface area (Å²) in [5.41, 5.74) is 2.39. The molecule has 0 spiro atoms. The fourth-order valence-electron chi connectivity index (χ4n) is 10.6. The number of alkyl halides is 3. The Morgan fingerprint density at radius 2 is 1.74 bits per heavy atom. The molecule has 0 radical (unpaired) electrons. The van der Waals surface area contributed by atoms with E-state index >= 15 is 4.39 Å². The zero-order valence-electron chi connectivity index (χ0n) is 36.8. The lowest BCUT2D eigenvalue weighted by Crippen LogP contribution is -2.47. The Labute approximate surface area is 379 Å². The van der Waals surface area contributed by atoms with Crippen molar-refractivity contribution in [1.29, 1.82) is 0 Å². The van der Waals surface area contributed by atoms with Gasteiger partial charge in [0.05, 0.1) is 52.8 Å². The molecule has 1 aromatic carbocycles. The molecular weight excluding hydrogens is 852 g/mol. The largest absolute Gasteiger partial charge is 0.362 e. The Hall–Kier alpha value is -5.80. The van der Waals surface area contributed by atoms with Crippen LogP contribution in [0.1, 0.15) is 129 Å². The van der Waals surface area contributed by atoms with Crippen LogP contribution in [0.25, 0.3) is 16.6 Å². The minimum Gasteiger partial charge on any atom is -0.362 e. The van der Waals surface area contributed by atoms with Gasteiger partial charge in [0, 0.05) is 56.9 Å². The van der Waals surface area contributed by atoms with E-state index in [2.05, 4.69) is 42.5 Å². The lowest BCUT2D eigenvalue weighted by Gasteiger charge is -2.40. The second-order valence-electron chi connectivity index (χ2n) is 19.4. The van der Waals surface area contributed by atoms with E-state index in [0.29, 0.717) is 42.6 Å². The van der Waals surface area contributed by atoms with Crippen LogP contribution in [-0.2, 0) is 14.3 Å². The molecule has 18 heteroatoms. The molecular formula is C48H54F3N11O4. The predicted octanol–water partition coefficient (Wildman–Crippen LogP) is 6.77. The van der Waals surface area contributed by atoms with Gasteiger partial charge in [0.25, 0.3) is 12.3 Å². The van der Waals surface area contributed by atoms with Gasteiger partial charge in [-0.2, -0.15) is 15.3 Å². The monoisotopic (exact) mass is 905 g/mol. The topological polar surface area (TPSA) is 157 Å². The third kappa shape index (κ3) is 8.79. The van der Waals surface area contributed by atoms with Crippen LogP contribution in [0.4, 0.5) is 24.7 Å². The van der Waals surface area contributed by atoms with Crippen molar-refractivity contribution in [2.24, 2.45) is 17.8 Å². The van der Waals surface area contributed by atoms with Crippen molar-refractivity contribution in [3.8, 4) is 11.8 Å². The molecule has 0 bridgehead atoms. The van der Waals surface area contributed by atoms with Crippen LogP contribution in [0.15, 0.2) is 42.9 Å². The van der Waals surface area contributed by atoms with Crippen LogP contribution < -0.4 is 15.5 Å². The number of nitrogens with one attached hydrogen (secondary N) is 2. The Bertz CT molecular complexity index is 2720. The highest BCUT2D eigenvalue weighted by molar-refractivity contribution is 6.08. The van der Waals surface area contributed by atoms with Crippen molar-refractivity contribution in [2.45, 2.75) is 114 Å². The number of carbonyl (C=O) groups is 3. The van der Waals surface area contributed by atoms with Gasteiger partial charge in [0.15, 0.2) is 11.3 Å². The molecule has 3 aliphatic heterocycles. The molecule has 7 heterocycles. The van der Waals surface area contributed by atoms with Gasteiger partial charge in [-0.1, -0.05) is 36.8 Å². The number of rotatable bonds is 13. The number of para-hydroxylation sites is 1. The van der Waals surface area contributed by atoms with E-state index in [1.807, 2.05) is 28.9 Å². The van der Waals surface area contributed by atoms with E-state index in [1.54, 1.807) is 10.9 Å².